The van der Waals surface area contributed by atoms with Gasteiger partial charge in [-0.05, 0) is 11.6 Å². The number of carbonyl (C=O) groups is 5. The first kappa shape index (κ1) is 27.7. The molecule has 5 atom stereocenters. The molecule has 0 bridgehead atoms. The van der Waals surface area contributed by atoms with Gasteiger partial charge in [0.2, 0.25) is 0 Å². The van der Waals surface area contributed by atoms with Crippen LogP contribution in [0.25, 0.3) is 10.9 Å². The maximum atomic E-state index is 12.1. The SMILES string of the molecule is COC(=O)Cc1cn(C2OC(COC(C)=O)C(OC(C)=O)C(OC(C)=O)C2OC(C)=O)c2ccccc12. The summed E-state index contributed by atoms with van der Waals surface area (Å²) < 4.78 is 34.3. The largest absolute Gasteiger partial charge is 0.469 e. The van der Waals surface area contributed by atoms with Gasteiger partial charge >= 0.3 is 29.8 Å². The van der Waals surface area contributed by atoms with Crippen molar-refractivity contribution >= 4 is 40.7 Å². The summed E-state index contributed by atoms with van der Waals surface area (Å²) >= 11 is 0. The first-order valence-corrected chi connectivity index (χ1v) is 11.5. The Labute approximate surface area is 212 Å². The summed E-state index contributed by atoms with van der Waals surface area (Å²) in [6.07, 6.45) is -4.48. The Bertz CT molecular complexity index is 1190. The zero-order chi connectivity index (χ0) is 27.3. The minimum Gasteiger partial charge on any atom is -0.469 e. The van der Waals surface area contributed by atoms with Crippen LogP contribution in [0.4, 0.5) is 0 Å². The van der Waals surface area contributed by atoms with Gasteiger partial charge in [0.05, 0.1) is 19.0 Å². The number of methoxy groups -OCH3 is 1. The molecule has 1 aliphatic heterocycles. The van der Waals surface area contributed by atoms with Crippen LogP contribution in [0.3, 0.4) is 0 Å². The molecule has 0 N–H and O–H groups in total. The van der Waals surface area contributed by atoms with Crippen molar-refractivity contribution in [3.8, 4) is 0 Å². The second-order valence-corrected chi connectivity index (χ2v) is 8.42. The number of para-hydroxylation sites is 1. The van der Waals surface area contributed by atoms with E-state index in [4.69, 9.17) is 28.4 Å². The maximum Gasteiger partial charge on any atom is 0.310 e. The molecule has 37 heavy (non-hydrogen) atoms. The Balaban J connectivity index is 2.18. The number of nitrogens with zero attached hydrogens (tertiary/aromatic N) is 1. The highest BCUT2D eigenvalue weighted by molar-refractivity contribution is 5.88. The Morgan fingerprint density at radius 1 is 0.838 bits per heavy atom. The van der Waals surface area contributed by atoms with Crippen molar-refractivity contribution in [1.82, 2.24) is 4.57 Å². The van der Waals surface area contributed by atoms with Gasteiger partial charge in [0.1, 0.15) is 12.7 Å². The van der Waals surface area contributed by atoms with Crippen LogP contribution in [0.2, 0.25) is 0 Å². The molecule has 12 nitrogen and oxygen atoms in total. The van der Waals surface area contributed by atoms with Crippen LogP contribution < -0.4 is 0 Å². The number of hydrogen-bond acceptors (Lipinski definition) is 11. The summed E-state index contributed by atoms with van der Waals surface area (Å²) in [7, 11) is 1.28. The lowest BCUT2D eigenvalue weighted by molar-refractivity contribution is -0.267. The minimum absolute atomic E-state index is 0.0463. The first-order valence-electron chi connectivity index (χ1n) is 11.5. The van der Waals surface area contributed by atoms with E-state index in [1.165, 1.54) is 21.0 Å². The molecule has 1 fully saturated rings. The molecule has 2 heterocycles. The van der Waals surface area contributed by atoms with Crippen LogP contribution in [-0.4, -0.2) is 72.5 Å². The summed E-state index contributed by atoms with van der Waals surface area (Å²) in [5.74, 6) is -3.23. The average molecular weight is 520 g/mol. The molecule has 1 aromatic heterocycles. The number of benzene rings is 1. The first-order chi connectivity index (χ1) is 17.5. The lowest BCUT2D eigenvalue weighted by Crippen LogP contribution is -2.60. The highest BCUT2D eigenvalue weighted by Crippen LogP contribution is 2.37. The molecule has 12 heteroatoms. The van der Waals surface area contributed by atoms with Gasteiger partial charge < -0.3 is 33.0 Å². The van der Waals surface area contributed by atoms with E-state index in [1.54, 1.807) is 35.0 Å². The molecule has 1 saturated heterocycles. The van der Waals surface area contributed by atoms with E-state index in [-0.39, 0.29) is 13.0 Å². The van der Waals surface area contributed by atoms with Crippen molar-refractivity contribution in [2.24, 2.45) is 0 Å². The Kier molecular flexibility index (Phi) is 8.87. The molecule has 5 unspecified atom stereocenters. The van der Waals surface area contributed by atoms with Gasteiger partial charge in [-0.1, -0.05) is 18.2 Å². The predicted molar refractivity (Wildman–Crippen MR) is 125 cm³/mol. The molecule has 0 spiro atoms. The van der Waals surface area contributed by atoms with E-state index in [9.17, 15) is 24.0 Å². The number of fused-ring (bicyclic) bond motifs is 1. The number of aromatic nitrogens is 1. The molecule has 1 aromatic carbocycles. The summed E-state index contributed by atoms with van der Waals surface area (Å²) in [6, 6.07) is 7.13. The van der Waals surface area contributed by atoms with Gasteiger partial charge in [0.25, 0.3) is 0 Å². The van der Waals surface area contributed by atoms with E-state index < -0.39 is 60.5 Å². The molecule has 0 aliphatic carbocycles. The van der Waals surface area contributed by atoms with Gasteiger partial charge in [-0.25, -0.2) is 0 Å². The molecule has 0 amide bonds. The summed E-state index contributed by atoms with van der Waals surface area (Å²) in [4.78, 5) is 59.8. The topological polar surface area (TPSA) is 146 Å². The maximum absolute atomic E-state index is 12.1. The van der Waals surface area contributed by atoms with Crippen molar-refractivity contribution in [3.05, 3.63) is 36.0 Å². The zero-order valence-corrected chi connectivity index (χ0v) is 21.1. The molecule has 1 aliphatic rings. The fourth-order valence-electron chi connectivity index (χ4n) is 4.29. The number of hydrogen-bond donors (Lipinski definition) is 0. The van der Waals surface area contributed by atoms with E-state index >= 15 is 0 Å². The van der Waals surface area contributed by atoms with Gasteiger partial charge in [0, 0.05) is 39.3 Å². The fourth-order valence-corrected chi connectivity index (χ4v) is 4.29. The molecule has 0 saturated carbocycles. The van der Waals surface area contributed by atoms with Crippen LogP contribution in [0.15, 0.2) is 30.5 Å². The van der Waals surface area contributed by atoms with Gasteiger partial charge in [-0.2, -0.15) is 0 Å². The molecule has 3 rings (SSSR count). The standard InChI is InChI=1S/C25H29NO11/c1-13(27)33-12-20-22(34-14(2)28)23(35-15(3)29)24(36-16(4)30)25(37-20)26-11-17(10-21(31)32-5)18-8-6-7-9-19(18)26/h6-9,11,20,22-25H,10,12H2,1-5H3. The Morgan fingerprint density at radius 3 is 2.03 bits per heavy atom. The Hall–Kier alpha value is -3.93. The van der Waals surface area contributed by atoms with Crippen LogP contribution in [0, 0.1) is 0 Å². The molecule has 200 valence electrons. The van der Waals surface area contributed by atoms with Crippen LogP contribution in [0.5, 0.6) is 0 Å². The summed E-state index contributed by atoms with van der Waals surface area (Å²) in [5.41, 5.74) is 1.22. The molecule has 0 radical (unpaired) electrons. The monoisotopic (exact) mass is 519 g/mol. The fraction of sp³-hybridized carbons (Fsp3) is 0.480. The normalized spacial score (nSPS) is 23.1. The van der Waals surface area contributed by atoms with Crippen molar-refractivity contribution in [2.45, 2.75) is 64.8 Å². The number of carbonyl (C=O) groups excluding carboxylic acids is 5. The Morgan fingerprint density at radius 2 is 1.43 bits per heavy atom. The van der Waals surface area contributed by atoms with Crippen LogP contribution >= 0.6 is 0 Å². The smallest absolute Gasteiger partial charge is 0.310 e. The van der Waals surface area contributed by atoms with Crippen molar-refractivity contribution in [3.63, 3.8) is 0 Å². The van der Waals surface area contributed by atoms with Crippen molar-refractivity contribution < 1.29 is 52.4 Å². The van der Waals surface area contributed by atoms with Crippen LogP contribution in [-0.2, 0) is 58.8 Å². The highest BCUT2D eigenvalue weighted by atomic mass is 16.7. The lowest BCUT2D eigenvalue weighted by Gasteiger charge is -2.44. The number of esters is 5. The second kappa shape index (κ2) is 11.9. The van der Waals surface area contributed by atoms with Crippen molar-refractivity contribution in [1.29, 1.82) is 0 Å². The average Bonchev–Trinajstić information content (AvgIpc) is 3.17. The van der Waals surface area contributed by atoms with Gasteiger partial charge in [-0.3, -0.25) is 24.0 Å². The number of rotatable bonds is 8. The summed E-state index contributed by atoms with van der Waals surface area (Å²) in [5, 5.41) is 0.709. The third-order valence-corrected chi connectivity index (χ3v) is 5.63. The van der Waals surface area contributed by atoms with E-state index in [0.29, 0.717) is 16.5 Å². The van der Waals surface area contributed by atoms with Crippen molar-refractivity contribution in [2.75, 3.05) is 13.7 Å². The van der Waals surface area contributed by atoms with E-state index in [2.05, 4.69) is 0 Å². The quantitative estimate of drug-likeness (QED) is 0.370. The predicted octanol–water partition coefficient (Wildman–Crippen LogP) is 1.61. The zero-order valence-electron chi connectivity index (χ0n) is 21.1. The second-order valence-electron chi connectivity index (χ2n) is 8.42. The van der Waals surface area contributed by atoms with Gasteiger partial charge in [-0.15, -0.1) is 0 Å². The highest BCUT2D eigenvalue weighted by Gasteiger charge is 2.53. The third kappa shape index (κ3) is 6.64. The third-order valence-electron chi connectivity index (χ3n) is 5.63. The summed E-state index contributed by atoms with van der Waals surface area (Å²) in [6.45, 7) is 4.33. The molecular weight excluding hydrogens is 490 g/mol. The van der Waals surface area contributed by atoms with Crippen LogP contribution in [0.1, 0.15) is 39.5 Å². The minimum atomic E-state index is -1.31. The number of ether oxygens (including phenoxy) is 6. The van der Waals surface area contributed by atoms with E-state index in [1.807, 2.05) is 0 Å². The lowest BCUT2D eigenvalue weighted by atomic mass is 9.97. The molecular formula is C25H29NO11. The van der Waals surface area contributed by atoms with Gasteiger partial charge in [0.15, 0.2) is 24.5 Å². The molecule has 2 aromatic rings. The van der Waals surface area contributed by atoms with E-state index in [0.717, 1.165) is 13.8 Å².